The number of nitrogens with one attached hydrogen (secondary N) is 1. The maximum atomic E-state index is 8.72. The fourth-order valence-electron chi connectivity index (χ4n) is 0.807. The van der Waals surface area contributed by atoms with Crippen LogP contribution in [0.3, 0.4) is 0 Å². The van der Waals surface area contributed by atoms with Crippen molar-refractivity contribution in [3.63, 3.8) is 0 Å². The predicted octanol–water partition coefficient (Wildman–Crippen LogP) is -1.24. The summed E-state index contributed by atoms with van der Waals surface area (Å²) in [6, 6.07) is 1.69. The van der Waals surface area contributed by atoms with Crippen molar-refractivity contribution in [3.05, 3.63) is 12.3 Å². The second kappa shape index (κ2) is 2.98. The summed E-state index contributed by atoms with van der Waals surface area (Å²) in [4.78, 5) is 4.62. The SMILES string of the molecule is CN(C)c1c[nH]c(B(O)O)c1. The lowest BCUT2D eigenvalue weighted by atomic mass is 9.87. The first-order valence-electron chi connectivity index (χ1n) is 3.33. The molecule has 0 unspecified atom stereocenters. The first-order valence-corrected chi connectivity index (χ1v) is 3.33. The third-order valence-electron chi connectivity index (χ3n) is 1.48. The number of hydrogen-bond donors (Lipinski definition) is 3. The zero-order valence-corrected chi connectivity index (χ0v) is 6.57. The first kappa shape index (κ1) is 8.16. The van der Waals surface area contributed by atoms with Crippen LogP contribution in [0.25, 0.3) is 0 Å². The Kier molecular flexibility index (Phi) is 2.21. The average Bonchev–Trinajstić information content (AvgIpc) is 2.33. The normalized spacial score (nSPS) is 9.82. The Balaban J connectivity index is 2.82. The molecule has 0 amide bonds. The molecule has 0 aliphatic carbocycles. The number of anilines is 1. The third kappa shape index (κ3) is 1.75. The third-order valence-corrected chi connectivity index (χ3v) is 1.48. The van der Waals surface area contributed by atoms with E-state index in [4.69, 9.17) is 10.0 Å². The molecular formula is C6H11BN2O2. The molecule has 0 radical (unpaired) electrons. The molecule has 0 saturated heterocycles. The highest BCUT2D eigenvalue weighted by atomic mass is 16.4. The van der Waals surface area contributed by atoms with Crippen molar-refractivity contribution in [2.75, 3.05) is 19.0 Å². The Morgan fingerprint density at radius 1 is 1.45 bits per heavy atom. The topological polar surface area (TPSA) is 59.5 Å². The highest BCUT2D eigenvalue weighted by Gasteiger charge is 2.13. The fraction of sp³-hybridized carbons (Fsp3) is 0.333. The molecule has 1 aromatic rings. The van der Waals surface area contributed by atoms with Gasteiger partial charge >= 0.3 is 7.12 Å². The summed E-state index contributed by atoms with van der Waals surface area (Å²) in [5.74, 6) is 0. The Bertz CT molecular complexity index is 212. The van der Waals surface area contributed by atoms with Crippen LogP contribution >= 0.6 is 0 Å². The van der Waals surface area contributed by atoms with Crippen molar-refractivity contribution >= 4 is 18.4 Å². The van der Waals surface area contributed by atoms with Crippen molar-refractivity contribution in [1.29, 1.82) is 0 Å². The van der Waals surface area contributed by atoms with Gasteiger partial charge in [-0.15, -0.1) is 0 Å². The second-order valence-electron chi connectivity index (χ2n) is 2.58. The van der Waals surface area contributed by atoms with E-state index in [1.807, 2.05) is 19.0 Å². The van der Waals surface area contributed by atoms with E-state index in [1.165, 1.54) is 0 Å². The first-order chi connectivity index (χ1) is 5.11. The quantitative estimate of drug-likeness (QED) is 0.467. The summed E-state index contributed by atoms with van der Waals surface area (Å²) in [7, 11) is 2.36. The predicted molar refractivity (Wildman–Crippen MR) is 44.9 cm³/mol. The average molecular weight is 154 g/mol. The number of rotatable bonds is 2. The smallest absolute Gasteiger partial charge is 0.422 e. The van der Waals surface area contributed by atoms with E-state index in [2.05, 4.69) is 4.98 Å². The molecule has 5 heteroatoms. The summed E-state index contributed by atoms with van der Waals surface area (Å²) >= 11 is 0. The van der Waals surface area contributed by atoms with Crippen LogP contribution < -0.4 is 10.5 Å². The molecule has 0 aliphatic heterocycles. The van der Waals surface area contributed by atoms with E-state index in [0.717, 1.165) is 5.69 Å². The minimum Gasteiger partial charge on any atom is -0.422 e. The number of hydrogen-bond acceptors (Lipinski definition) is 3. The van der Waals surface area contributed by atoms with Crippen molar-refractivity contribution in [2.24, 2.45) is 0 Å². The molecule has 0 spiro atoms. The molecule has 1 aromatic heterocycles. The van der Waals surface area contributed by atoms with Crippen LogP contribution in [0.15, 0.2) is 12.3 Å². The van der Waals surface area contributed by atoms with Gasteiger partial charge in [0.1, 0.15) is 0 Å². The molecule has 3 N–H and O–H groups in total. The molecule has 0 aromatic carbocycles. The van der Waals surface area contributed by atoms with Gasteiger partial charge in [-0.05, 0) is 6.07 Å². The zero-order valence-electron chi connectivity index (χ0n) is 6.57. The lowest BCUT2D eigenvalue weighted by molar-refractivity contribution is 0.424. The standard InChI is InChI=1S/C6H11BN2O2/c1-9(2)5-3-6(7(10)11)8-4-5/h3-4,8,10-11H,1-2H3. The summed E-state index contributed by atoms with van der Waals surface area (Å²) < 4.78 is 0. The van der Waals surface area contributed by atoms with E-state index in [9.17, 15) is 0 Å². The fourth-order valence-corrected chi connectivity index (χ4v) is 0.807. The molecule has 1 heterocycles. The largest absolute Gasteiger partial charge is 0.505 e. The maximum absolute atomic E-state index is 8.72. The Morgan fingerprint density at radius 2 is 2.09 bits per heavy atom. The Hall–Kier alpha value is -0.935. The number of nitrogens with zero attached hydrogens (tertiary/aromatic N) is 1. The van der Waals surface area contributed by atoms with E-state index in [1.54, 1.807) is 12.3 Å². The van der Waals surface area contributed by atoms with Gasteiger partial charge in [-0.3, -0.25) is 0 Å². The van der Waals surface area contributed by atoms with Gasteiger partial charge in [-0.25, -0.2) is 0 Å². The highest BCUT2D eigenvalue weighted by Crippen LogP contribution is 2.05. The van der Waals surface area contributed by atoms with Gasteiger partial charge in [0, 0.05) is 25.9 Å². The minimum absolute atomic E-state index is 0.411. The second-order valence-corrected chi connectivity index (χ2v) is 2.58. The van der Waals surface area contributed by atoms with Crippen molar-refractivity contribution in [2.45, 2.75) is 0 Å². The lowest BCUT2D eigenvalue weighted by Gasteiger charge is -2.07. The van der Waals surface area contributed by atoms with Gasteiger partial charge in [0.2, 0.25) is 0 Å². The van der Waals surface area contributed by atoms with Gasteiger partial charge in [0.05, 0.1) is 5.69 Å². The molecular weight excluding hydrogens is 143 g/mol. The van der Waals surface area contributed by atoms with Crippen LogP contribution in [0.4, 0.5) is 5.69 Å². The summed E-state index contributed by atoms with van der Waals surface area (Å²) in [6.07, 6.45) is 1.72. The van der Waals surface area contributed by atoms with Crippen molar-refractivity contribution in [1.82, 2.24) is 4.98 Å². The Morgan fingerprint density at radius 3 is 2.36 bits per heavy atom. The van der Waals surface area contributed by atoms with Gasteiger partial charge in [-0.1, -0.05) is 0 Å². The molecule has 0 fully saturated rings. The van der Waals surface area contributed by atoms with E-state index >= 15 is 0 Å². The monoisotopic (exact) mass is 154 g/mol. The van der Waals surface area contributed by atoms with Gasteiger partial charge in [0.25, 0.3) is 0 Å². The van der Waals surface area contributed by atoms with Gasteiger partial charge < -0.3 is 19.9 Å². The van der Waals surface area contributed by atoms with E-state index < -0.39 is 7.12 Å². The van der Waals surface area contributed by atoms with Crippen LogP contribution in [-0.2, 0) is 0 Å². The Labute approximate surface area is 65.6 Å². The molecule has 0 aliphatic rings. The van der Waals surface area contributed by atoms with Crippen molar-refractivity contribution < 1.29 is 10.0 Å². The number of aromatic amines is 1. The number of H-pyrrole nitrogens is 1. The van der Waals surface area contributed by atoms with Crippen LogP contribution in [0.2, 0.25) is 0 Å². The van der Waals surface area contributed by atoms with Crippen LogP contribution in [0.5, 0.6) is 0 Å². The highest BCUT2D eigenvalue weighted by molar-refractivity contribution is 6.57. The van der Waals surface area contributed by atoms with Crippen LogP contribution in [0.1, 0.15) is 0 Å². The summed E-state index contributed by atoms with van der Waals surface area (Å²) in [5, 5.41) is 17.4. The van der Waals surface area contributed by atoms with Gasteiger partial charge in [-0.2, -0.15) is 0 Å². The molecule has 0 bridgehead atoms. The van der Waals surface area contributed by atoms with Crippen LogP contribution in [0, 0.1) is 0 Å². The van der Waals surface area contributed by atoms with E-state index in [-0.39, 0.29) is 0 Å². The summed E-state index contributed by atoms with van der Waals surface area (Å²) in [6.45, 7) is 0. The molecule has 4 nitrogen and oxygen atoms in total. The molecule has 11 heavy (non-hydrogen) atoms. The summed E-state index contributed by atoms with van der Waals surface area (Å²) in [5.41, 5.74) is 1.34. The molecule has 1 rings (SSSR count). The molecule has 0 atom stereocenters. The van der Waals surface area contributed by atoms with Crippen LogP contribution in [-0.4, -0.2) is 36.2 Å². The van der Waals surface area contributed by atoms with Crippen molar-refractivity contribution in [3.8, 4) is 0 Å². The molecule has 60 valence electrons. The minimum atomic E-state index is -1.41. The lowest BCUT2D eigenvalue weighted by Crippen LogP contribution is -2.30. The number of aromatic nitrogens is 1. The van der Waals surface area contributed by atoms with E-state index in [0.29, 0.717) is 5.59 Å². The van der Waals surface area contributed by atoms with Gasteiger partial charge in [0.15, 0.2) is 0 Å². The zero-order chi connectivity index (χ0) is 8.43. The molecule has 0 saturated carbocycles. The maximum Gasteiger partial charge on any atom is 0.505 e.